The SMILES string of the molecule is C=CC(=O)N(C)C1CCN(C(=O)N(C)[C@H](C(=O)N[C@H]2Cc3nc(cs3)-c3ccc4c(c3)c(c(-c3cccnc3[C@H](C)OC)n4CC)CC(C)(C)COC(=O)[C@@H]3CCCN(N3)C2=O)C(C)C)CC1. The molecule has 16 nitrogen and oxygen atoms in total. The number of likely N-dealkylation sites (N-methyl/N-ethyl adjacent to an activating group) is 2. The Hall–Kier alpha value is -5.65. The van der Waals surface area contributed by atoms with Gasteiger partial charge in [-0.25, -0.2) is 15.2 Å². The Morgan fingerprint density at radius 2 is 1.85 bits per heavy atom. The molecule has 4 atom stereocenters. The number of nitrogens with one attached hydrogen (secondary N) is 2. The summed E-state index contributed by atoms with van der Waals surface area (Å²) in [7, 11) is 5.04. The summed E-state index contributed by atoms with van der Waals surface area (Å²) in [6.07, 6.45) is 5.67. The van der Waals surface area contributed by atoms with Crippen LogP contribution in [0.2, 0.25) is 0 Å². The van der Waals surface area contributed by atoms with Gasteiger partial charge in [-0.05, 0) is 87.8 Å². The van der Waals surface area contributed by atoms with Crippen molar-refractivity contribution < 1.29 is 33.4 Å². The van der Waals surface area contributed by atoms with Gasteiger partial charge in [0.05, 0.1) is 34.8 Å². The van der Waals surface area contributed by atoms with E-state index in [9.17, 15) is 24.0 Å². The summed E-state index contributed by atoms with van der Waals surface area (Å²) in [6.45, 7) is 17.6. The number of nitrogens with zero attached hydrogens (tertiary/aromatic N) is 7. The second-order valence-electron chi connectivity index (χ2n) is 19.2. The first-order chi connectivity index (χ1) is 32.0. The number of hydrazine groups is 1. The van der Waals surface area contributed by atoms with Crippen molar-refractivity contribution >= 4 is 52.0 Å². The van der Waals surface area contributed by atoms with Crippen molar-refractivity contribution in [1.29, 1.82) is 0 Å². The lowest BCUT2D eigenvalue weighted by Gasteiger charge is -2.40. The first-order valence-electron chi connectivity index (χ1n) is 23.5. The summed E-state index contributed by atoms with van der Waals surface area (Å²) in [5.74, 6) is -1.83. The zero-order valence-electron chi connectivity index (χ0n) is 40.5. The Morgan fingerprint density at radius 1 is 1.10 bits per heavy atom. The van der Waals surface area contributed by atoms with Crippen molar-refractivity contribution in [2.45, 2.75) is 117 Å². The summed E-state index contributed by atoms with van der Waals surface area (Å²) in [4.78, 5) is 84.0. The molecule has 0 spiro atoms. The third kappa shape index (κ3) is 10.4. The number of likely N-dealkylation sites (tertiary alicyclic amines) is 1. The fraction of sp³-hybridized carbons (Fsp3) is 0.540. The fourth-order valence-corrected chi connectivity index (χ4v) is 10.7. The Bertz CT molecular complexity index is 2490. The summed E-state index contributed by atoms with van der Waals surface area (Å²) in [6, 6.07) is 7.30. The summed E-state index contributed by atoms with van der Waals surface area (Å²) < 4.78 is 14.2. The normalized spacial score (nSPS) is 20.2. The maximum Gasteiger partial charge on any atom is 0.324 e. The monoisotopic (exact) mass is 937 g/mol. The molecule has 7 rings (SSSR count). The molecular weight excluding hydrogens is 871 g/mol. The van der Waals surface area contributed by atoms with Gasteiger partial charge in [-0.3, -0.25) is 29.2 Å². The summed E-state index contributed by atoms with van der Waals surface area (Å²) in [5.41, 5.74) is 9.27. The molecule has 4 aromatic rings. The predicted octanol–water partition coefficient (Wildman–Crippen LogP) is 6.39. The number of cyclic esters (lactones) is 1. The number of hydrogen-bond donors (Lipinski definition) is 2. The number of carbonyl (C=O) groups is 5. The van der Waals surface area contributed by atoms with E-state index in [-0.39, 0.29) is 43.0 Å². The van der Waals surface area contributed by atoms with E-state index in [0.29, 0.717) is 63.3 Å². The van der Waals surface area contributed by atoms with Gasteiger partial charge in [-0.15, -0.1) is 11.3 Å². The van der Waals surface area contributed by atoms with Crippen molar-refractivity contribution in [3.63, 3.8) is 0 Å². The first-order valence-corrected chi connectivity index (χ1v) is 24.4. The van der Waals surface area contributed by atoms with Gasteiger partial charge in [0, 0.05) is 98.9 Å². The molecule has 67 heavy (non-hydrogen) atoms. The zero-order chi connectivity index (χ0) is 48.3. The number of hydrogen-bond acceptors (Lipinski definition) is 11. The number of methoxy groups -OCH3 is 1. The number of aromatic nitrogens is 3. The van der Waals surface area contributed by atoms with Gasteiger partial charge < -0.3 is 34.1 Å². The van der Waals surface area contributed by atoms with E-state index in [2.05, 4.69) is 66.9 Å². The lowest BCUT2D eigenvalue weighted by atomic mass is 9.84. The minimum absolute atomic E-state index is 0.0249. The average molecular weight is 938 g/mol. The van der Waals surface area contributed by atoms with Gasteiger partial charge in [0.15, 0.2) is 0 Å². The molecule has 3 aliphatic rings. The highest BCUT2D eigenvalue weighted by molar-refractivity contribution is 7.10. The van der Waals surface area contributed by atoms with E-state index in [1.807, 2.05) is 32.2 Å². The van der Waals surface area contributed by atoms with E-state index in [1.54, 1.807) is 37.2 Å². The minimum Gasteiger partial charge on any atom is -0.464 e. The third-order valence-corrected chi connectivity index (χ3v) is 14.5. The highest BCUT2D eigenvalue weighted by Crippen LogP contribution is 2.42. The molecule has 3 aromatic heterocycles. The molecule has 6 heterocycles. The van der Waals surface area contributed by atoms with Crippen LogP contribution in [0.3, 0.4) is 0 Å². The second-order valence-corrected chi connectivity index (χ2v) is 20.2. The number of aryl methyl sites for hydroxylation is 1. The molecule has 360 valence electrons. The quantitative estimate of drug-likeness (QED) is 0.134. The van der Waals surface area contributed by atoms with Crippen molar-refractivity contribution in [2.24, 2.45) is 11.3 Å². The fourth-order valence-electron chi connectivity index (χ4n) is 9.86. The molecule has 3 aliphatic heterocycles. The van der Waals surface area contributed by atoms with E-state index >= 15 is 0 Å². The van der Waals surface area contributed by atoms with E-state index in [0.717, 1.165) is 44.7 Å². The Kier molecular flexibility index (Phi) is 15.2. The number of pyridine rings is 1. The van der Waals surface area contributed by atoms with Crippen LogP contribution in [-0.4, -0.2) is 136 Å². The van der Waals surface area contributed by atoms with Crippen molar-refractivity contribution in [3.05, 3.63) is 70.8 Å². The van der Waals surface area contributed by atoms with Gasteiger partial charge in [-0.2, -0.15) is 0 Å². The van der Waals surface area contributed by atoms with Crippen molar-refractivity contribution in [1.82, 2.24) is 45.0 Å². The number of benzene rings is 1. The van der Waals surface area contributed by atoms with Crippen LogP contribution < -0.4 is 10.7 Å². The predicted molar refractivity (Wildman–Crippen MR) is 259 cm³/mol. The molecule has 0 aliphatic carbocycles. The number of piperidine rings is 1. The topological polar surface area (TPSA) is 172 Å². The molecule has 1 aromatic carbocycles. The average Bonchev–Trinajstić information content (AvgIpc) is 3.92. The molecule has 0 saturated carbocycles. The second kappa shape index (κ2) is 20.7. The highest BCUT2D eigenvalue weighted by Gasteiger charge is 2.39. The zero-order valence-corrected chi connectivity index (χ0v) is 41.3. The van der Waals surface area contributed by atoms with Gasteiger partial charge in [0.1, 0.15) is 18.1 Å². The van der Waals surface area contributed by atoms with E-state index < -0.39 is 41.3 Å². The highest BCUT2D eigenvalue weighted by atomic mass is 32.1. The standard InChI is InChI=1S/C50H67N9O7S/c1-11-42(60)55(8)33-19-23-57(24-20-33)49(64)56(9)44(30(3)4)46(61)53-38-26-41-52-39(28-67-41)32-17-18-40-35(25-32)36(45(58(40)12-2)34-15-13-21-51-43(34)31(5)65-10)27-50(6,7)29-66-48(63)37-16-14-22-59(54-37)47(38)62/h11,13,15,17-18,21,25,28,30-31,33,37-38,44,54H,1,12,14,16,19-20,22-24,26-27,29H2,2-10H3,(H,53,61)/t31-,37-,38-,44-/m0/s1. The van der Waals surface area contributed by atoms with Crippen LogP contribution in [0.25, 0.3) is 33.4 Å². The maximum atomic E-state index is 14.7. The van der Waals surface area contributed by atoms with E-state index in [4.69, 9.17) is 19.4 Å². The van der Waals surface area contributed by atoms with Crippen LogP contribution in [0, 0.1) is 11.3 Å². The number of carbonyl (C=O) groups excluding carboxylic acids is 5. The van der Waals surface area contributed by atoms with E-state index in [1.165, 1.54) is 27.3 Å². The number of rotatable bonds is 10. The molecule has 0 radical (unpaired) electrons. The molecular formula is C50H67N9O7S. The van der Waals surface area contributed by atoms with Crippen LogP contribution >= 0.6 is 11.3 Å². The molecule has 0 unspecified atom stereocenters. The van der Waals surface area contributed by atoms with Gasteiger partial charge in [-0.1, -0.05) is 40.3 Å². The largest absolute Gasteiger partial charge is 0.464 e. The van der Waals surface area contributed by atoms with Crippen LogP contribution in [0.5, 0.6) is 0 Å². The van der Waals surface area contributed by atoms with Gasteiger partial charge >= 0.3 is 12.0 Å². The van der Waals surface area contributed by atoms with Gasteiger partial charge in [0.2, 0.25) is 11.8 Å². The third-order valence-electron chi connectivity index (χ3n) is 13.6. The number of thiazole rings is 1. The molecule has 2 saturated heterocycles. The number of ether oxygens (including phenoxy) is 2. The lowest BCUT2D eigenvalue weighted by molar-refractivity contribution is -0.155. The van der Waals surface area contributed by atoms with Crippen molar-refractivity contribution in [3.8, 4) is 22.5 Å². The smallest absolute Gasteiger partial charge is 0.324 e. The Balaban J connectivity index is 1.23. The maximum absolute atomic E-state index is 14.7. The van der Waals surface area contributed by atoms with Crippen LogP contribution in [0.4, 0.5) is 4.79 Å². The molecule has 17 heteroatoms. The van der Waals surface area contributed by atoms with Crippen molar-refractivity contribution in [2.75, 3.05) is 47.4 Å². The lowest BCUT2D eigenvalue weighted by Crippen LogP contribution is -2.62. The van der Waals surface area contributed by atoms with Gasteiger partial charge in [0.25, 0.3) is 5.91 Å². The summed E-state index contributed by atoms with van der Waals surface area (Å²) in [5, 5.41) is 8.13. The van der Waals surface area contributed by atoms with Crippen LogP contribution in [0.15, 0.2) is 54.6 Å². The molecule has 2 N–H and O–H groups in total. The molecule has 2 fully saturated rings. The first kappa shape index (κ1) is 49.3. The minimum atomic E-state index is -1.08. The summed E-state index contributed by atoms with van der Waals surface area (Å²) >= 11 is 1.41. The molecule has 6 bridgehead atoms. The number of urea groups is 1. The number of esters is 1. The number of fused-ring (bicyclic) bond motifs is 6. The Morgan fingerprint density at radius 3 is 2.54 bits per heavy atom. The van der Waals surface area contributed by atoms with Crippen LogP contribution in [-0.2, 0) is 48.0 Å². The van der Waals surface area contributed by atoms with Crippen LogP contribution in [0.1, 0.15) is 89.6 Å². The number of amides is 5. The molecule has 5 amide bonds. The Labute approximate surface area is 398 Å².